The van der Waals surface area contributed by atoms with Crippen LogP contribution >= 0.6 is 0 Å². The summed E-state index contributed by atoms with van der Waals surface area (Å²) in [5.74, 6) is -0.717. The Morgan fingerprint density at radius 2 is 1.68 bits per heavy atom. The second kappa shape index (κ2) is 8.93. The molecule has 1 amide bonds. The van der Waals surface area contributed by atoms with Gasteiger partial charge >= 0.3 is 6.18 Å². The molecule has 1 aliphatic heterocycles. The number of ether oxygens (including phenoxy) is 1. The summed E-state index contributed by atoms with van der Waals surface area (Å²) in [5, 5.41) is 6.65. The van der Waals surface area contributed by atoms with E-state index in [1.54, 1.807) is 0 Å². The third kappa shape index (κ3) is 4.64. The predicted molar refractivity (Wildman–Crippen MR) is 108 cm³/mol. The SMILES string of the molecule is O=C(NCCn1nc(C(F)(F)F)c2c1CCOC2)C(c1ccccc1)c1ccccc1. The molecular weight excluding hydrogens is 407 g/mol. The number of nitrogens with one attached hydrogen (secondary N) is 1. The maximum Gasteiger partial charge on any atom is 0.435 e. The minimum atomic E-state index is -4.54. The molecule has 0 fully saturated rings. The summed E-state index contributed by atoms with van der Waals surface area (Å²) < 4.78 is 46.5. The molecule has 3 aromatic rings. The van der Waals surface area contributed by atoms with Crippen molar-refractivity contribution in [3.63, 3.8) is 0 Å². The van der Waals surface area contributed by atoms with Gasteiger partial charge in [0.2, 0.25) is 5.91 Å². The Labute approximate surface area is 177 Å². The number of halogens is 3. The molecule has 0 bridgehead atoms. The third-order valence-electron chi connectivity index (χ3n) is 5.32. The van der Waals surface area contributed by atoms with Crippen LogP contribution in [0.4, 0.5) is 13.2 Å². The van der Waals surface area contributed by atoms with Crippen molar-refractivity contribution in [2.24, 2.45) is 0 Å². The average Bonchev–Trinajstić information content (AvgIpc) is 3.15. The summed E-state index contributed by atoms with van der Waals surface area (Å²) in [5.41, 5.74) is 1.41. The Morgan fingerprint density at radius 1 is 1.06 bits per heavy atom. The molecule has 2 heterocycles. The number of aromatic nitrogens is 2. The van der Waals surface area contributed by atoms with Crippen molar-refractivity contribution < 1.29 is 22.7 Å². The van der Waals surface area contributed by atoms with Gasteiger partial charge in [0.25, 0.3) is 0 Å². The molecule has 31 heavy (non-hydrogen) atoms. The van der Waals surface area contributed by atoms with E-state index in [-0.39, 0.29) is 31.2 Å². The molecule has 1 aliphatic rings. The minimum absolute atomic E-state index is 0.0940. The van der Waals surface area contributed by atoms with Crippen molar-refractivity contribution in [1.29, 1.82) is 0 Å². The number of hydrogen-bond donors (Lipinski definition) is 1. The standard InChI is InChI=1S/C23H22F3N3O2/c24-23(25,26)21-18-15-31-14-11-19(18)29(28-21)13-12-27-22(30)20(16-7-3-1-4-8-16)17-9-5-2-6-10-17/h1-10,20H,11-15H2,(H,27,30). The molecule has 1 N–H and O–H groups in total. The maximum absolute atomic E-state index is 13.3. The quantitative estimate of drug-likeness (QED) is 0.646. The van der Waals surface area contributed by atoms with Gasteiger partial charge in [-0.15, -0.1) is 0 Å². The number of carbonyl (C=O) groups is 1. The topological polar surface area (TPSA) is 56.2 Å². The van der Waals surface area contributed by atoms with Crippen molar-refractivity contribution >= 4 is 5.91 Å². The Kier molecular flexibility index (Phi) is 6.08. The van der Waals surface area contributed by atoms with Gasteiger partial charge in [0.05, 0.1) is 25.7 Å². The fraction of sp³-hybridized carbons (Fsp3) is 0.304. The number of nitrogens with zero attached hydrogens (tertiary/aromatic N) is 2. The number of carbonyl (C=O) groups excluding carboxylic acids is 1. The predicted octanol–water partition coefficient (Wildman–Crippen LogP) is 3.92. The van der Waals surface area contributed by atoms with E-state index in [9.17, 15) is 18.0 Å². The lowest BCUT2D eigenvalue weighted by Gasteiger charge is -2.19. The number of benzene rings is 2. The molecule has 1 aromatic heterocycles. The molecule has 8 heteroatoms. The minimum Gasteiger partial charge on any atom is -0.376 e. The average molecular weight is 429 g/mol. The lowest BCUT2D eigenvalue weighted by atomic mass is 9.90. The van der Waals surface area contributed by atoms with E-state index in [0.717, 1.165) is 11.1 Å². The van der Waals surface area contributed by atoms with Crippen LogP contribution in [0.15, 0.2) is 60.7 Å². The first kappa shape index (κ1) is 21.1. The van der Waals surface area contributed by atoms with Gasteiger partial charge in [0.1, 0.15) is 0 Å². The van der Waals surface area contributed by atoms with E-state index >= 15 is 0 Å². The molecular formula is C23H22F3N3O2. The first-order chi connectivity index (χ1) is 14.9. The Bertz CT molecular complexity index is 994. The van der Waals surface area contributed by atoms with E-state index in [2.05, 4.69) is 10.4 Å². The highest BCUT2D eigenvalue weighted by atomic mass is 19.4. The van der Waals surface area contributed by atoms with Crippen LogP contribution in [0.5, 0.6) is 0 Å². The van der Waals surface area contributed by atoms with Gasteiger partial charge in [-0.2, -0.15) is 18.3 Å². The van der Waals surface area contributed by atoms with E-state index in [4.69, 9.17) is 4.74 Å². The van der Waals surface area contributed by atoms with Crippen molar-refractivity contribution in [3.8, 4) is 0 Å². The van der Waals surface area contributed by atoms with Crippen LogP contribution < -0.4 is 5.32 Å². The van der Waals surface area contributed by atoms with Crippen LogP contribution in [-0.2, 0) is 35.3 Å². The number of fused-ring (bicyclic) bond motifs is 1. The highest BCUT2D eigenvalue weighted by Gasteiger charge is 2.39. The van der Waals surface area contributed by atoms with Gasteiger partial charge in [0, 0.05) is 24.2 Å². The van der Waals surface area contributed by atoms with Crippen LogP contribution in [0.1, 0.15) is 34.0 Å². The molecule has 0 saturated carbocycles. The monoisotopic (exact) mass is 429 g/mol. The van der Waals surface area contributed by atoms with E-state index < -0.39 is 17.8 Å². The lowest BCUT2D eigenvalue weighted by Crippen LogP contribution is -2.33. The van der Waals surface area contributed by atoms with Gasteiger partial charge in [-0.05, 0) is 11.1 Å². The van der Waals surface area contributed by atoms with E-state index in [0.29, 0.717) is 18.7 Å². The molecule has 0 unspecified atom stereocenters. The van der Waals surface area contributed by atoms with E-state index in [1.165, 1.54) is 4.68 Å². The normalized spacial score (nSPS) is 13.8. The highest BCUT2D eigenvalue weighted by molar-refractivity contribution is 5.87. The first-order valence-electron chi connectivity index (χ1n) is 10.1. The van der Waals surface area contributed by atoms with Crippen LogP contribution in [0.3, 0.4) is 0 Å². The Balaban J connectivity index is 1.50. The molecule has 2 aromatic carbocycles. The summed E-state index contributed by atoms with van der Waals surface area (Å²) in [6.45, 7) is 0.578. The molecule has 0 radical (unpaired) electrons. The number of amides is 1. The van der Waals surface area contributed by atoms with Gasteiger partial charge in [-0.3, -0.25) is 9.48 Å². The maximum atomic E-state index is 13.3. The summed E-state index contributed by atoms with van der Waals surface area (Å²) in [7, 11) is 0. The van der Waals surface area contributed by atoms with Crippen LogP contribution in [0.25, 0.3) is 0 Å². The molecule has 162 valence electrons. The molecule has 0 spiro atoms. The second-order valence-corrected chi connectivity index (χ2v) is 7.34. The van der Waals surface area contributed by atoms with Crippen molar-refractivity contribution in [3.05, 3.63) is 88.7 Å². The number of hydrogen-bond acceptors (Lipinski definition) is 3. The van der Waals surface area contributed by atoms with Crippen molar-refractivity contribution in [2.75, 3.05) is 13.2 Å². The molecule has 5 nitrogen and oxygen atoms in total. The van der Waals surface area contributed by atoms with Crippen LogP contribution in [0, 0.1) is 0 Å². The zero-order valence-corrected chi connectivity index (χ0v) is 16.7. The first-order valence-corrected chi connectivity index (χ1v) is 10.1. The van der Waals surface area contributed by atoms with Crippen molar-refractivity contribution in [1.82, 2.24) is 15.1 Å². The van der Waals surface area contributed by atoms with Gasteiger partial charge in [0.15, 0.2) is 5.69 Å². The van der Waals surface area contributed by atoms with Crippen LogP contribution in [-0.4, -0.2) is 28.8 Å². The molecule has 0 saturated heterocycles. The lowest BCUT2D eigenvalue weighted by molar-refractivity contribution is -0.142. The summed E-state index contributed by atoms with van der Waals surface area (Å²) in [4.78, 5) is 13.0. The fourth-order valence-corrected chi connectivity index (χ4v) is 3.89. The molecule has 0 atom stereocenters. The third-order valence-corrected chi connectivity index (χ3v) is 5.32. The molecule has 0 aliphatic carbocycles. The number of rotatable bonds is 6. The Morgan fingerprint density at radius 3 is 2.26 bits per heavy atom. The van der Waals surface area contributed by atoms with Crippen molar-refractivity contribution in [2.45, 2.75) is 31.7 Å². The zero-order chi connectivity index (χ0) is 21.8. The second-order valence-electron chi connectivity index (χ2n) is 7.34. The molecule has 4 rings (SSSR count). The summed E-state index contributed by atoms with van der Waals surface area (Å²) in [6, 6.07) is 18.8. The smallest absolute Gasteiger partial charge is 0.376 e. The number of alkyl halides is 3. The van der Waals surface area contributed by atoms with Gasteiger partial charge in [-0.1, -0.05) is 60.7 Å². The van der Waals surface area contributed by atoms with Gasteiger partial charge in [-0.25, -0.2) is 0 Å². The summed E-state index contributed by atoms with van der Waals surface area (Å²) >= 11 is 0. The van der Waals surface area contributed by atoms with Gasteiger partial charge < -0.3 is 10.1 Å². The Hall–Kier alpha value is -3.13. The largest absolute Gasteiger partial charge is 0.435 e. The highest BCUT2D eigenvalue weighted by Crippen LogP contribution is 2.34. The fourth-order valence-electron chi connectivity index (χ4n) is 3.89. The zero-order valence-electron chi connectivity index (χ0n) is 16.7. The van der Waals surface area contributed by atoms with E-state index in [1.807, 2.05) is 60.7 Å². The van der Waals surface area contributed by atoms with Crippen LogP contribution in [0.2, 0.25) is 0 Å². The summed E-state index contributed by atoms with van der Waals surface area (Å²) in [6.07, 6.45) is -4.17.